The van der Waals surface area contributed by atoms with E-state index in [4.69, 9.17) is 5.73 Å². The van der Waals surface area contributed by atoms with E-state index in [0.717, 1.165) is 10.9 Å². The van der Waals surface area contributed by atoms with E-state index in [-0.39, 0.29) is 17.4 Å². The van der Waals surface area contributed by atoms with Crippen molar-refractivity contribution >= 4 is 28.7 Å². The van der Waals surface area contributed by atoms with Gasteiger partial charge in [0.2, 0.25) is 0 Å². The minimum absolute atomic E-state index is 0.203. The molecule has 2 aromatic heterocycles. The van der Waals surface area contributed by atoms with Gasteiger partial charge in [-0.25, -0.2) is 9.59 Å². The number of H-pyrrole nitrogens is 1. The summed E-state index contributed by atoms with van der Waals surface area (Å²) in [5.74, 6) is -3.33. The van der Waals surface area contributed by atoms with Gasteiger partial charge in [-0.05, 0) is 37.6 Å². The van der Waals surface area contributed by atoms with Crippen molar-refractivity contribution in [2.75, 3.05) is 5.73 Å². The van der Waals surface area contributed by atoms with Crippen LogP contribution < -0.4 is 11.3 Å². The van der Waals surface area contributed by atoms with E-state index in [1.807, 2.05) is 30.7 Å². The van der Waals surface area contributed by atoms with Gasteiger partial charge in [0, 0.05) is 28.7 Å². The van der Waals surface area contributed by atoms with Crippen LogP contribution >= 0.6 is 0 Å². The van der Waals surface area contributed by atoms with Crippen molar-refractivity contribution in [2.45, 2.75) is 19.9 Å². The van der Waals surface area contributed by atoms with Crippen LogP contribution in [0.4, 0.5) is 5.82 Å². The zero-order valence-electron chi connectivity index (χ0n) is 14.1. The molecular formula is C18H17N3O5. The fraction of sp³-hybridized carbons (Fsp3) is 0.167. The van der Waals surface area contributed by atoms with Gasteiger partial charge >= 0.3 is 11.9 Å². The van der Waals surface area contributed by atoms with Crippen LogP contribution in [0.25, 0.3) is 22.0 Å². The van der Waals surface area contributed by atoms with Gasteiger partial charge in [0.15, 0.2) is 0 Å². The molecule has 0 unspecified atom stereocenters. The molecule has 3 aromatic rings. The number of aromatic amines is 1. The number of benzene rings is 1. The van der Waals surface area contributed by atoms with E-state index in [1.165, 1.54) is 0 Å². The Hall–Kier alpha value is -3.55. The van der Waals surface area contributed by atoms with Crippen LogP contribution in [-0.4, -0.2) is 31.7 Å². The topological polar surface area (TPSA) is 138 Å². The molecule has 3 rings (SSSR count). The summed E-state index contributed by atoms with van der Waals surface area (Å²) in [5.41, 5.74) is 4.62. The summed E-state index contributed by atoms with van der Waals surface area (Å²) in [6, 6.07) is 7.07. The smallest absolute Gasteiger partial charge is 0.342 e. The van der Waals surface area contributed by atoms with Crippen molar-refractivity contribution in [2.24, 2.45) is 0 Å². The molecular weight excluding hydrogens is 338 g/mol. The molecule has 0 aliphatic heterocycles. The van der Waals surface area contributed by atoms with E-state index in [9.17, 15) is 24.6 Å². The summed E-state index contributed by atoms with van der Waals surface area (Å²) in [4.78, 5) is 37.4. The minimum atomic E-state index is -1.52. The van der Waals surface area contributed by atoms with Gasteiger partial charge in [0.05, 0.1) is 0 Å². The standard InChI is InChI=1S/C18H17N3O5/c1-8(2)21-6-5-9-7-10(3-4-11(9)21)12-13(17(23)24)15(19)20-16(22)14(12)18(25)26/h3-8H,1-2H3,(H,23,24)(H,25,26)(H3,19,20,22). The Morgan fingerprint density at radius 2 is 1.77 bits per heavy atom. The van der Waals surface area contributed by atoms with Crippen molar-refractivity contribution in [1.29, 1.82) is 0 Å². The van der Waals surface area contributed by atoms with Crippen LogP contribution in [0.1, 0.15) is 40.6 Å². The zero-order chi connectivity index (χ0) is 19.2. The van der Waals surface area contributed by atoms with Crippen molar-refractivity contribution in [1.82, 2.24) is 9.55 Å². The summed E-state index contributed by atoms with van der Waals surface area (Å²) in [7, 11) is 0. The van der Waals surface area contributed by atoms with Crippen LogP contribution in [0.15, 0.2) is 35.3 Å². The number of carboxylic acid groups (broad SMARTS) is 2. The van der Waals surface area contributed by atoms with E-state index < -0.39 is 28.6 Å². The third-order valence-electron chi connectivity index (χ3n) is 4.24. The Balaban J connectivity index is 2.39. The number of rotatable bonds is 4. The average Bonchev–Trinajstić information content (AvgIpc) is 2.96. The molecule has 1 aromatic carbocycles. The Labute approximate surface area is 147 Å². The third kappa shape index (κ3) is 2.61. The first-order valence-corrected chi connectivity index (χ1v) is 7.85. The molecule has 0 fully saturated rings. The molecule has 8 nitrogen and oxygen atoms in total. The van der Waals surface area contributed by atoms with Crippen LogP contribution in [0.5, 0.6) is 0 Å². The quantitative estimate of drug-likeness (QED) is 0.567. The number of carboxylic acids is 2. The molecule has 0 aliphatic carbocycles. The predicted molar refractivity (Wildman–Crippen MR) is 96.7 cm³/mol. The number of nitrogen functional groups attached to an aromatic ring is 1. The summed E-state index contributed by atoms with van der Waals surface area (Å²) in [6.07, 6.45) is 1.89. The molecule has 26 heavy (non-hydrogen) atoms. The fourth-order valence-corrected chi connectivity index (χ4v) is 3.11. The lowest BCUT2D eigenvalue weighted by molar-refractivity contribution is 0.0695. The van der Waals surface area contributed by atoms with Crippen LogP contribution in [-0.2, 0) is 0 Å². The summed E-state index contributed by atoms with van der Waals surface area (Å²) in [5, 5.41) is 19.7. The van der Waals surface area contributed by atoms with E-state index in [0.29, 0.717) is 5.56 Å². The molecule has 0 aliphatic rings. The van der Waals surface area contributed by atoms with Gasteiger partial charge in [-0.1, -0.05) is 6.07 Å². The second-order valence-corrected chi connectivity index (χ2v) is 6.19. The number of aromatic carboxylic acids is 2. The van der Waals surface area contributed by atoms with Gasteiger partial charge in [-0.15, -0.1) is 0 Å². The van der Waals surface area contributed by atoms with Gasteiger partial charge < -0.3 is 25.5 Å². The number of pyridine rings is 1. The third-order valence-corrected chi connectivity index (χ3v) is 4.24. The van der Waals surface area contributed by atoms with Crippen LogP contribution in [0.3, 0.4) is 0 Å². The highest BCUT2D eigenvalue weighted by Crippen LogP contribution is 2.32. The summed E-state index contributed by atoms with van der Waals surface area (Å²) >= 11 is 0. The number of hydrogen-bond donors (Lipinski definition) is 4. The number of carbonyl (C=O) groups is 2. The average molecular weight is 355 g/mol. The van der Waals surface area contributed by atoms with Crippen LogP contribution in [0.2, 0.25) is 0 Å². The first kappa shape index (κ1) is 17.3. The maximum Gasteiger partial charge on any atom is 0.342 e. The summed E-state index contributed by atoms with van der Waals surface area (Å²) < 4.78 is 2.03. The van der Waals surface area contributed by atoms with Gasteiger partial charge in [-0.3, -0.25) is 4.79 Å². The number of nitrogens with zero attached hydrogens (tertiary/aromatic N) is 1. The number of fused-ring (bicyclic) bond motifs is 1. The minimum Gasteiger partial charge on any atom is -0.478 e. The normalized spacial score (nSPS) is 11.2. The van der Waals surface area contributed by atoms with Crippen molar-refractivity contribution in [3.05, 3.63) is 51.9 Å². The molecule has 0 spiro atoms. The van der Waals surface area contributed by atoms with E-state index in [1.54, 1.807) is 18.2 Å². The number of aromatic nitrogens is 2. The Morgan fingerprint density at radius 3 is 2.35 bits per heavy atom. The maximum atomic E-state index is 12.1. The number of nitrogens with one attached hydrogen (secondary N) is 1. The highest BCUT2D eigenvalue weighted by Gasteiger charge is 2.26. The lowest BCUT2D eigenvalue weighted by atomic mass is 9.94. The molecule has 0 saturated carbocycles. The lowest BCUT2D eigenvalue weighted by Crippen LogP contribution is -2.24. The molecule has 0 radical (unpaired) electrons. The Kier molecular flexibility index (Phi) is 4.03. The van der Waals surface area contributed by atoms with E-state index in [2.05, 4.69) is 4.98 Å². The first-order chi connectivity index (χ1) is 12.2. The lowest BCUT2D eigenvalue weighted by Gasteiger charge is -2.13. The highest BCUT2D eigenvalue weighted by atomic mass is 16.4. The van der Waals surface area contributed by atoms with Gasteiger partial charge in [0.1, 0.15) is 16.9 Å². The molecule has 5 N–H and O–H groups in total. The van der Waals surface area contributed by atoms with Crippen LogP contribution in [0, 0.1) is 0 Å². The first-order valence-electron chi connectivity index (χ1n) is 7.85. The fourth-order valence-electron chi connectivity index (χ4n) is 3.11. The molecule has 0 atom stereocenters. The maximum absolute atomic E-state index is 12.1. The molecule has 2 heterocycles. The molecule has 8 heteroatoms. The van der Waals surface area contributed by atoms with Crippen molar-refractivity contribution in [3.63, 3.8) is 0 Å². The number of anilines is 1. The molecule has 0 amide bonds. The monoisotopic (exact) mass is 355 g/mol. The summed E-state index contributed by atoms with van der Waals surface area (Å²) in [6.45, 7) is 4.05. The SMILES string of the molecule is CC(C)n1ccc2cc(-c3c(C(=O)O)c(N)[nH]c(=O)c3C(=O)O)ccc21. The Morgan fingerprint density at radius 1 is 1.12 bits per heavy atom. The largest absolute Gasteiger partial charge is 0.478 e. The molecule has 134 valence electrons. The number of nitrogens with two attached hydrogens (primary N) is 1. The highest BCUT2D eigenvalue weighted by molar-refractivity contribution is 6.08. The molecule has 0 bridgehead atoms. The zero-order valence-corrected chi connectivity index (χ0v) is 14.1. The second kappa shape index (κ2) is 6.07. The van der Waals surface area contributed by atoms with Gasteiger partial charge in [-0.2, -0.15) is 0 Å². The number of hydrogen-bond acceptors (Lipinski definition) is 4. The predicted octanol–water partition coefficient (Wildman–Crippen LogP) is 2.56. The Bertz CT molecular complexity index is 1110. The van der Waals surface area contributed by atoms with Crippen molar-refractivity contribution < 1.29 is 19.8 Å². The molecule has 0 saturated heterocycles. The second-order valence-electron chi connectivity index (χ2n) is 6.19. The van der Waals surface area contributed by atoms with Crippen molar-refractivity contribution in [3.8, 4) is 11.1 Å². The van der Waals surface area contributed by atoms with E-state index >= 15 is 0 Å². The van der Waals surface area contributed by atoms with Gasteiger partial charge in [0.25, 0.3) is 5.56 Å².